The third-order valence-corrected chi connectivity index (χ3v) is 1.11. The topological polar surface area (TPSA) is 9.23 Å². The Hall–Kier alpha value is -0.560. The van der Waals surface area contributed by atoms with Gasteiger partial charge in [-0.25, -0.2) is 0 Å². The summed E-state index contributed by atoms with van der Waals surface area (Å²) < 4.78 is 5.07. The Morgan fingerprint density at radius 1 is 1.67 bits per heavy atom. The molecule has 0 spiro atoms. The van der Waals surface area contributed by atoms with E-state index in [-0.39, 0.29) is 6.10 Å². The maximum Gasteiger partial charge on any atom is 0.0786 e. The van der Waals surface area contributed by atoms with Gasteiger partial charge in [0.1, 0.15) is 0 Å². The fourth-order valence-electron chi connectivity index (χ4n) is 0.632. The smallest absolute Gasteiger partial charge is 0.0786 e. The van der Waals surface area contributed by atoms with Gasteiger partial charge in [-0.2, -0.15) is 0 Å². The monoisotopic (exact) mass is 126 g/mol. The average molecular weight is 126 g/mol. The molecule has 0 aromatic rings. The molecule has 1 heteroatoms. The Kier molecular flexibility index (Phi) is 5.23. The summed E-state index contributed by atoms with van der Waals surface area (Å²) in [7, 11) is 1.70. The predicted octanol–water partition coefficient (Wildman–Crippen LogP) is 2.15. The lowest BCUT2D eigenvalue weighted by molar-refractivity contribution is 0.143. The van der Waals surface area contributed by atoms with Crippen LogP contribution in [0.5, 0.6) is 0 Å². The zero-order valence-electron chi connectivity index (χ0n) is 6.13. The van der Waals surface area contributed by atoms with Crippen LogP contribution in [0.15, 0.2) is 24.8 Å². The first-order valence-electron chi connectivity index (χ1n) is 3.11. The van der Waals surface area contributed by atoms with Crippen molar-refractivity contribution in [1.29, 1.82) is 0 Å². The SMILES string of the molecule is C=CCC(/C=C/C)OC. The summed E-state index contributed by atoms with van der Waals surface area (Å²) in [6, 6.07) is 0. The van der Waals surface area contributed by atoms with E-state index in [1.54, 1.807) is 7.11 Å². The second-order valence-corrected chi connectivity index (χ2v) is 1.82. The maximum absolute atomic E-state index is 5.07. The Labute approximate surface area is 57.0 Å². The fourth-order valence-corrected chi connectivity index (χ4v) is 0.632. The van der Waals surface area contributed by atoms with Crippen molar-refractivity contribution >= 4 is 0 Å². The highest BCUT2D eigenvalue weighted by Gasteiger charge is 1.95. The van der Waals surface area contributed by atoms with Gasteiger partial charge in [-0.3, -0.25) is 0 Å². The van der Waals surface area contributed by atoms with Crippen molar-refractivity contribution < 1.29 is 4.74 Å². The van der Waals surface area contributed by atoms with E-state index in [4.69, 9.17) is 4.74 Å². The van der Waals surface area contributed by atoms with Gasteiger partial charge in [0.05, 0.1) is 6.10 Å². The van der Waals surface area contributed by atoms with Crippen LogP contribution in [0.1, 0.15) is 13.3 Å². The minimum absolute atomic E-state index is 0.215. The molecule has 0 rings (SSSR count). The molecule has 0 aromatic heterocycles. The molecule has 0 aliphatic rings. The molecule has 0 saturated carbocycles. The molecule has 1 nitrogen and oxygen atoms in total. The molecule has 0 radical (unpaired) electrons. The van der Waals surface area contributed by atoms with Crippen LogP contribution >= 0.6 is 0 Å². The highest BCUT2D eigenvalue weighted by Crippen LogP contribution is 1.98. The number of ether oxygens (including phenoxy) is 1. The lowest BCUT2D eigenvalue weighted by atomic mass is 10.2. The van der Waals surface area contributed by atoms with E-state index in [1.807, 2.05) is 25.2 Å². The maximum atomic E-state index is 5.07. The summed E-state index contributed by atoms with van der Waals surface area (Å²) >= 11 is 0. The van der Waals surface area contributed by atoms with Crippen LogP contribution in [0.25, 0.3) is 0 Å². The van der Waals surface area contributed by atoms with Crippen molar-refractivity contribution in [2.75, 3.05) is 7.11 Å². The van der Waals surface area contributed by atoms with Gasteiger partial charge < -0.3 is 4.74 Å². The van der Waals surface area contributed by atoms with Crippen molar-refractivity contribution in [2.45, 2.75) is 19.4 Å². The summed E-state index contributed by atoms with van der Waals surface area (Å²) in [6.45, 7) is 5.60. The second kappa shape index (κ2) is 5.57. The minimum Gasteiger partial charge on any atom is -0.377 e. The Morgan fingerprint density at radius 3 is 2.67 bits per heavy atom. The van der Waals surface area contributed by atoms with Crippen molar-refractivity contribution in [2.24, 2.45) is 0 Å². The van der Waals surface area contributed by atoms with Gasteiger partial charge in [-0.05, 0) is 13.3 Å². The highest BCUT2D eigenvalue weighted by molar-refractivity contribution is 4.90. The molecule has 0 aromatic carbocycles. The molecule has 0 N–H and O–H groups in total. The highest BCUT2D eigenvalue weighted by atomic mass is 16.5. The molecule has 0 aliphatic heterocycles. The Bertz CT molecular complexity index is 94.7. The Morgan fingerprint density at radius 2 is 2.33 bits per heavy atom. The van der Waals surface area contributed by atoms with Crippen molar-refractivity contribution in [3.63, 3.8) is 0 Å². The van der Waals surface area contributed by atoms with Crippen LogP contribution in [0.2, 0.25) is 0 Å². The van der Waals surface area contributed by atoms with Crippen molar-refractivity contribution in [3.05, 3.63) is 24.8 Å². The van der Waals surface area contributed by atoms with E-state index < -0.39 is 0 Å². The normalized spacial score (nSPS) is 14.0. The lowest BCUT2D eigenvalue weighted by Crippen LogP contribution is -2.03. The van der Waals surface area contributed by atoms with E-state index in [0.29, 0.717) is 0 Å². The van der Waals surface area contributed by atoms with Crippen LogP contribution in [0, 0.1) is 0 Å². The largest absolute Gasteiger partial charge is 0.377 e. The molecule has 0 heterocycles. The molecular formula is C8H14O. The van der Waals surface area contributed by atoms with E-state index in [1.165, 1.54) is 0 Å². The third kappa shape index (κ3) is 3.98. The first-order valence-corrected chi connectivity index (χ1v) is 3.11. The van der Waals surface area contributed by atoms with Gasteiger partial charge in [0.15, 0.2) is 0 Å². The second-order valence-electron chi connectivity index (χ2n) is 1.82. The number of hydrogen-bond acceptors (Lipinski definition) is 1. The molecule has 9 heavy (non-hydrogen) atoms. The molecule has 1 atom stereocenters. The summed E-state index contributed by atoms with van der Waals surface area (Å²) in [5.41, 5.74) is 0. The lowest BCUT2D eigenvalue weighted by Gasteiger charge is -2.05. The molecule has 0 bridgehead atoms. The van der Waals surface area contributed by atoms with E-state index in [9.17, 15) is 0 Å². The van der Waals surface area contributed by atoms with Gasteiger partial charge in [0.25, 0.3) is 0 Å². The Balaban J connectivity index is 3.53. The van der Waals surface area contributed by atoms with Gasteiger partial charge in [-0.1, -0.05) is 18.2 Å². The van der Waals surface area contributed by atoms with Gasteiger partial charge in [0.2, 0.25) is 0 Å². The average Bonchev–Trinajstić information content (AvgIpc) is 1.88. The number of allylic oxidation sites excluding steroid dienone is 1. The third-order valence-electron chi connectivity index (χ3n) is 1.11. The van der Waals surface area contributed by atoms with Crippen molar-refractivity contribution in [3.8, 4) is 0 Å². The van der Waals surface area contributed by atoms with E-state index in [0.717, 1.165) is 6.42 Å². The summed E-state index contributed by atoms with van der Waals surface area (Å²) in [5.74, 6) is 0. The fraction of sp³-hybridized carbons (Fsp3) is 0.500. The molecule has 1 unspecified atom stereocenters. The zero-order valence-corrected chi connectivity index (χ0v) is 6.13. The van der Waals surface area contributed by atoms with Crippen molar-refractivity contribution in [1.82, 2.24) is 0 Å². The zero-order chi connectivity index (χ0) is 7.11. The summed E-state index contributed by atoms with van der Waals surface area (Å²) in [5, 5.41) is 0. The molecule has 0 fully saturated rings. The van der Waals surface area contributed by atoms with Gasteiger partial charge in [0, 0.05) is 7.11 Å². The van der Waals surface area contributed by atoms with Gasteiger partial charge >= 0.3 is 0 Å². The predicted molar refractivity (Wildman–Crippen MR) is 40.4 cm³/mol. The van der Waals surface area contributed by atoms with Crippen LogP contribution in [-0.2, 0) is 4.74 Å². The van der Waals surface area contributed by atoms with E-state index in [2.05, 4.69) is 6.58 Å². The van der Waals surface area contributed by atoms with Crippen LogP contribution in [0.4, 0.5) is 0 Å². The molecule has 0 amide bonds. The quantitative estimate of drug-likeness (QED) is 0.524. The first kappa shape index (κ1) is 8.44. The summed E-state index contributed by atoms with van der Waals surface area (Å²) in [6.07, 6.45) is 6.96. The number of methoxy groups -OCH3 is 1. The van der Waals surface area contributed by atoms with Crippen LogP contribution in [-0.4, -0.2) is 13.2 Å². The molecule has 0 saturated heterocycles. The minimum atomic E-state index is 0.215. The summed E-state index contributed by atoms with van der Waals surface area (Å²) in [4.78, 5) is 0. The van der Waals surface area contributed by atoms with Crippen LogP contribution in [0.3, 0.4) is 0 Å². The first-order chi connectivity index (χ1) is 4.35. The van der Waals surface area contributed by atoms with E-state index >= 15 is 0 Å². The van der Waals surface area contributed by atoms with Gasteiger partial charge in [-0.15, -0.1) is 6.58 Å². The number of rotatable bonds is 4. The molecular weight excluding hydrogens is 112 g/mol. The molecule has 52 valence electrons. The number of hydrogen-bond donors (Lipinski definition) is 0. The molecule has 0 aliphatic carbocycles. The van der Waals surface area contributed by atoms with Crippen LogP contribution < -0.4 is 0 Å². The standard InChI is InChI=1S/C8H14O/c1-4-6-8(9-3)7-5-2/h4-5,7-8H,1,6H2,2-3H3/b7-5+.